The molecule has 0 radical (unpaired) electrons. The number of fused-ring (bicyclic) bond motifs is 2. The molecule has 4 aromatic rings. The number of carboxylic acid groups (broad SMARTS) is 1. The number of nitrogens with zero attached hydrogens (tertiary/aromatic N) is 2. The maximum Gasteiger partial charge on any atom is 0.303 e. The van der Waals surface area contributed by atoms with Gasteiger partial charge in [0.1, 0.15) is 11.6 Å². The van der Waals surface area contributed by atoms with E-state index in [4.69, 9.17) is 14.8 Å². The molecule has 1 N–H and O–H groups in total. The highest BCUT2D eigenvalue weighted by atomic mass is 16.5. The summed E-state index contributed by atoms with van der Waals surface area (Å²) in [5, 5.41) is 8.76. The first-order valence-corrected chi connectivity index (χ1v) is 11.7. The summed E-state index contributed by atoms with van der Waals surface area (Å²) >= 11 is 0. The van der Waals surface area contributed by atoms with Crippen molar-refractivity contribution in [3.8, 4) is 22.8 Å². The topological polar surface area (TPSA) is 64.3 Å². The standard InChI is InChI=1S/C28H28N2O3/c31-27(32)12-5-2-6-17-33-24-15-16-25-26(19-24)30(28(29-25)21-8-3-1-4-9-21)23-14-13-20-10-7-11-22(20)18-23/h1,3-4,8-9,13-16,18-19H,2,5-7,10-12,17H2,(H,31,32). The number of ether oxygens (including phenoxy) is 1. The minimum absolute atomic E-state index is 0.216. The molecule has 0 unspecified atom stereocenters. The number of aryl methyl sites for hydroxylation is 2. The second kappa shape index (κ2) is 9.49. The van der Waals surface area contributed by atoms with Crippen LogP contribution in [0.4, 0.5) is 0 Å². The Bertz CT molecular complexity index is 1280. The van der Waals surface area contributed by atoms with Gasteiger partial charge in [-0.2, -0.15) is 0 Å². The number of aliphatic carboxylic acids is 1. The van der Waals surface area contributed by atoms with Crippen molar-refractivity contribution in [3.63, 3.8) is 0 Å². The molecule has 1 aromatic heterocycles. The van der Waals surface area contributed by atoms with E-state index in [0.29, 0.717) is 13.0 Å². The van der Waals surface area contributed by atoms with Crippen LogP contribution in [0.3, 0.4) is 0 Å². The summed E-state index contributed by atoms with van der Waals surface area (Å²) in [4.78, 5) is 15.6. The first-order chi connectivity index (χ1) is 16.2. The summed E-state index contributed by atoms with van der Waals surface area (Å²) in [7, 11) is 0. The Balaban J connectivity index is 1.47. The van der Waals surface area contributed by atoms with Crippen molar-refractivity contribution in [2.75, 3.05) is 6.61 Å². The normalized spacial score (nSPS) is 12.7. The van der Waals surface area contributed by atoms with Gasteiger partial charge in [0.25, 0.3) is 0 Å². The molecular weight excluding hydrogens is 412 g/mol. The lowest BCUT2D eigenvalue weighted by Crippen LogP contribution is -2.01. The minimum atomic E-state index is -0.740. The number of benzene rings is 3. The Morgan fingerprint density at radius 3 is 2.64 bits per heavy atom. The van der Waals surface area contributed by atoms with Crippen LogP contribution in [0.1, 0.15) is 43.2 Å². The summed E-state index contributed by atoms with van der Waals surface area (Å²) in [6.07, 6.45) is 6.10. The van der Waals surface area contributed by atoms with Gasteiger partial charge in [0.15, 0.2) is 0 Å². The van der Waals surface area contributed by atoms with Gasteiger partial charge in [0, 0.05) is 23.7 Å². The maximum absolute atomic E-state index is 10.7. The van der Waals surface area contributed by atoms with Crippen LogP contribution in [-0.2, 0) is 17.6 Å². The van der Waals surface area contributed by atoms with Gasteiger partial charge in [0.2, 0.25) is 0 Å². The summed E-state index contributed by atoms with van der Waals surface area (Å²) in [5.41, 5.74) is 7.05. The Morgan fingerprint density at radius 1 is 0.939 bits per heavy atom. The predicted octanol–water partition coefficient (Wildman–Crippen LogP) is 6.21. The summed E-state index contributed by atoms with van der Waals surface area (Å²) in [5.74, 6) is 0.993. The lowest BCUT2D eigenvalue weighted by atomic mass is 10.1. The summed E-state index contributed by atoms with van der Waals surface area (Å²) < 4.78 is 8.25. The van der Waals surface area contributed by atoms with Gasteiger partial charge < -0.3 is 9.84 Å². The molecule has 0 aliphatic heterocycles. The molecule has 0 saturated carbocycles. The van der Waals surface area contributed by atoms with E-state index in [0.717, 1.165) is 59.5 Å². The second-order valence-electron chi connectivity index (χ2n) is 8.65. The van der Waals surface area contributed by atoms with E-state index < -0.39 is 5.97 Å². The van der Waals surface area contributed by atoms with Crippen LogP contribution in [0.2, 0.25) is 0 Å². The van der Waals surface area contributed by atoms with Gasteiger partial charge in [-0.05, 0) is 73.9 Å². The van der Waals surface area contributed by atoms with Crippen molar-refractivity contribution in [3.05, 3.63) is 77.9 Å². The van der Waals surface area contributed by atoms with Crippen molar-refractivity contribution >= 4 is 17.0 Å². The van der Waals surface area contributed by atoms with Crippen molar-refractivity contribution in [1.82, 2.24) is 9.55 Å². The van der Waals surface area contributed by atoms with Crippen LogP contribution in [0.5, 0.6) is 5.75 Å². The molecule has 0 fully saturated rings. The average Bonchev–Trinajstić information content (AvgIpc) is 3.45. The molecule has 5 heteroatoms. The first kappa shape index (κ1) is 21.3. The molecule has 3 aromatic carbocycles. The second-order valence-corrected chi connectivity index (χ2v) is 8.65. The van der Waals surface area contributed by atoms with Gasteiger partial charge >= 0.3 is 5.97 Å². The average molecular weight is 441 g/mol. The molecule has 0 spiro atoms. The largest absolute Gasteiger partial charge is 0.494 e. The van der Waals surface area contributed by atoms with Gasteiger partial charge in [-0.15, -0.1) is 0 Å². The number of carbonyl (C=O) groups is 1. The zero-order valence-corrected chi connectivity index (χ0v) is 18.7. The molecule has 1 heterocycles. The number of imidazole rings is 1. The van der Waals surface area contributed by atoms with Crippen molar-refractivity contribution in [2.24, 2.45) is 0 Å². The van der Waals surface area contributed by atoms with E-state index in [9.17, 15) is 4.79 Å². The highest BCUT2D eigenvalue weighted by molar-refractivity contribution is 5.84. The van der Waals surface area contributed by atoms with Crippen LogP contribution < -0.4 is 4.74 Å². The van der Waals surface area contributed by atoms with E-state index >= 15 is 0 Å². The maximum atomic E-state index is 10.7. The lowest BCUT2D eigenvalue weighted by Gasteiger charge is -2.12. The third-order valence-electron chi connectivity index (χ3n) is 6.30. The number of aromatic nitrogens is 2. The summed E-state index contributed by atoms with van der Waals surface area (Å²) in [6, 6.07) is 23.1. The third-order valence-corrected chi connectivity index (χ3v) is 6.30. The highest BCUT2D eigenvalue weighted by Crippen LogP contribution is 2.33. The van der Waals surface area contributed by atoms with E-state index in [1.807, 2.05) is 30.3 Å². The van der Waals surface area contributed by atoms with Crippen LogP contribution in [-0.4, -0.2) is 27.2 Å². The monoisotopic (exact) mass is 440 g/mol. The van der Waals surface area contributed by atoms with Crippen LogP contribution in [0.25, 0.3) is 28.1 Å². The highest BCUT2D eigenvalue weighted by Gasteiger charge is 2.18. The molecule has 168 valence electrons. The van der Waals surface area contributed by atoms with Crippen molar-refractivity contribution < 1.29 is 14.6 Å². The fourth-order valence-electron chi connectivity index (χ4n) is 4.63. The molecule has 0 bridgehead atoms. The van der Waals surface area contributed by atoms with Crippen LogP contribution in [0.15, 0.2) is 66.7 Å². The van der Waals surface area contributed by atoms with Gasteiger partial charge in [-0.1, -0.05) is 36.4 Å². The molecule has 33 heavy (non-hydrogen) atoms. The predicted molar refractivity (Wildman–Crippen MR) is 130 cm³/mol. The van der Waals surface area contributed by atoms with E-state index in [-0.39, 0.29) is 6.42 Å². The van der Waals surface area contributed by atoms with Crippen LogP contribution in [0, 0.1) is 0 Å². The number of hydrogen-bond donors (Lipinski definition) is 1. The molecule has 0 saturated heterocycles. The first-order valence-electron chi connectivity index (χ1n) is 11.7. The van der Waals surface area contributed by atoms with Gasteiger partial charge in [0.05, 0.1) is 17.6 Å². The molecular formula is C28H28N2O3. The fourth-order valence-corrected chi connectivity index (χ4v) is 4.63. The lowest BCUT2D eigenvalue weighted by molar-refractivity contribution is -0.137. The molecule has 0 atom stereocenters. The fraction of sp³-hybridized carbons (Fsp3) is 0.286. The number of carboxylic acids is 1. The molecule has 5 nitrogen and oxygen atoms in total. The Labute approximate surface area is 193 Å². The third kappa shape index (κ3) is 4.63. The Hall–Kier alpha value is -3.60. The van der Waals surface area contributed by atoms with E-state index in [2.05, 4.69) is 41.0 Å². The zero-order valence-electron chi connectivity index (χ0n) is 18.7. The smallest absolute Gasteiger partial charge is 0.303 e. The Kier molecular flexibility index (Phi) is 6.11. The van der Waals surface area contributed by atoms with E-state index in [1.165, 1.54) is 17.5 Å². The molecule has 1 aliphatic carbocycles. The van der Waals surface area contributed by atoms with Crippen molar-refractivity contribution in [1.29, 1.82) is 0 Å². The number of unbranched alkanes of at least 4 members (excludes halogenated alkanes) is 2. The van der Waals surface area contributed by atoms with Crippen LogP contribution >= 0.6 is 0 Å². The van der Waals surface area contributed by atoms with Gasteiger partial charge in [-0.25, -0.2) is 4.98 Å². The number of rotatable bonds is 9. The summed E-state index contributed by atoms with van der Waals surface area (Å²) in [6.45, 7) is 0.573. The zero-order chi connectivity index (χ0) is 22.6. The Morgan fingerprint density at radius 2 is 1.79 bits per heavy atom. The molecule has 1 aliphatic rings. The molecule has 0 amide bonds. The molecule has 5 rings (SSSR count). The van der Waals surface area contributed by atoms with Gasteiger partial charge in [-0.3, -0.25) is 9.36 Å². The quantitative estimate of drug-likeness (QED) is 0.315. The minimum Gasteiger partial charge on any atom is -0.494 e. The number of hydrogen-bond acceptors (Lipinski definition) is 3. The van der Waals surface area contributed by atoms with E-state index in [1.54, 1.807) is 0 Å². The van der Waals surface area contributed by atoms with Crippen molar-refractivity contribution in [2.45, 2.75) is 44.9 Å². The SMILES string of the molecule is O=C(O)CCCCCOc1ccc2nc(-c3ccccc3)n(-c3ccc4c(c3)CCC4)c2c1.